The molecule has 0 heterocycles. The molecule has 0 aliphatic carbocycles. The van der Waals surface area contributed by atoms with Crippen molar-refractivity contribution in [3.63, 3.8) is 0 Å². The van der Waals surface area contributed by atoms with E-state index in [0.717, 1.165) is 17.7 Å². The van der Waals surface area contributed by atoms with Gasteiger partial charge in [-0.1, -0.05) is 30.7 Å². The molecule has 0 saturated carbocycles. The van der Waals surface area contributed by atoms with Gasteiger partial charge in [0.1, 0.15) is 0 Å². The summed E-state index contributed by atoms with van der Waals surface area (Å²) in [6, 6.07) is 5.43. The zero-order chi connectivity index (χ0) is 15.8. The van der Waals surface area contributed by atoms with Gasteiger partial charge in [-0.3, -0.25) is 15.2 Å². The number of amides is 2. The second-order valence-corrected chi connectivity index (χ2v) is 4.79. The standard InChI is InChI=1S/C15H23ClN4O/c1-5-11-9-8-10-12(16)13(11)20(7-3)15(21)19-14(17-4)18-6-2/h8-10H,5-7H2,1-4H3,(H2,17,18,19,21). The van der Waals surface area contributed by atoms with Gasteiger partial charge in [0.2, 0.25) is 0 Å². The number of anilines is 1. The second-order valence-electron chi connectivity index (χ2n) is 4.38. The van der Waals surface area contributed by atoms with Gasteiger partial charge in [0.05, 0.1) is 10.7 Å². The van der Waals surface area contributed by atoms with E-state index in [1.54, 1.807) is 18.0 Å². The van der Waals surface area contributed by atoms with Crippen LogP contribution in [0, 0.1) is 0 Å². The maximum absolute atomic E-state index is 12.5. The maximum Gasteiger partial charge on any atom is 0.328 e. The van der Waals surface area contributed by atoms with Crippen LogP contribution in [0.15, 0.2) is 23.2 Å². The van der Waals surface area contributed by atoms with Crippen LogP contribution < -0.4 is 15.5 Å². The monoisotopic (exact) mass is 310 g/mol. The Bertz CT molecular complexity index is 516. The van der Waals surface area contributed by atoms with Crippen LogP contribution in [0.2, 0.25) is 5.02 Å². The molecule has 0 spiro atoms. The Morgan fingerprint density at radius 1 is 1.33 bits per heavy atom. The lowest BCUT2D eigenvalue weighted by molar-refractivity contribution is 0.250. The van der Waals surface area contributed by atoms with Crippen LogP contribution in [0.25, 0.3) is 0 Å². The van der Waals surface area contributed by atoms with Crippen molar-refractivity contribution < 1.29 is 4.79 Å². The van der Waals surface area contributed by atoms with Crippen molar-refractivity contribution in [2.24, 2.45) is 4.99 Å². The Morgan fingerprint density at radius 2 is 2.05 bits per heavy atom. The highest BCUT2D eigenvalue weighted by Gasteiger charge is 2.20. The molecule has 0 saturated heterocycles. The zero-order valence-electron chi connectivity index (χ0n) is 13.0. The summed E-state index contributed by atoms with van der Waals surface area (Å²) >= 11 is 6.29. The van der Waals surface area contributed by atoms with E-state index >= 15 is 0 Å². The lowest BCUT2D eigenvalue weighted by Crippen LogP contribution is -2.48. The summed E-state index contributed by atoms with van der Waals surface area (Å²) in [6.45, 7) is 7.10. The molecule has 1 rings (SSSR count). The first-order valence-corrected chi connectivity index (χ1v) is 7.53. The largest absolute Gasteiger partial charge is 0.356 e. The van der Waals surface area contributed by atoms with Crippen molar-refractivity contribution in [3.05, 3.63) is 28.8 Å². The van der Waals surface area contributed by atoms with Crippen molar-refractivity contribution in [2.45, 2.75) is 27.2 Å². The lowest BCUT2D eigenvalue weighted by atomic mass is 10.1. The number of para-hydroxylation sites is 1. The van der Waals surface area contributed by atoms with Gasteiger partial charge >= 0.3 is 6.03 Å². The average Bonchev–Trinajstić information content (AvgIpc) is 2.48. The number of aliphatic imine (C=N–C) groups is 1. The number of urea groups is 1. The molecule has 0 atom stereocenters. The van der Waals surface area contributed by atoms with Crippen molar-refractivity contribution >= 4 is 29.3 Å². The predicted octanol–water partition coefficient (Wildman–Crippen LogP) is 3.03. The number of carbonyl (C=O) groups is 1. The number of aryl methyl sites for hydroxylation is 1. The van der Waals surface area contributed by atoms with Gasteiger partial charge < -0.3 is 5.32 Å². The quantitative estimate of drug-likeness (QED) is 0.663. The summed E-state index contributed by atoms with van der Waals surface area (Å²) in [5, 5.41) is 6.33. The fraction of sp³-hybridized carbons (Fsp3) is 0.467. The summed E-state index contributed by atoms with van der Waals surface area (Å²) in [5.74, 6) is 0.450. The first-order chi connectivity index (χ1) is 10.1. The van der Waals surface area contributed by atoms with E-state index < -0.39 is 0 Å². The van der Waals surface area contributed by atoms with Gasteiger partial charge in [0.15, 0.2) is 5.96 Å². The fourth-order valence-electron chi connectivity index (χ4n) is 2.07. The molecule has 1 aromatic rings. The average molecular weight is 311 g/mol. The van der Waals surface area contributed by atoms with Gasteiger partial charge in [-0.15, -0.1) is 0 Å². The van der Waals surface area contributed by atoms with Crippen LogP contribution in [-0.2, 0) is 6.42 Å². The molecule has 0 aromatic heterocycles. The molecule has 1 aromatic carbocycles. The Balaban J connectivity index is 3.05. The first-order valence-electron chi connectivity index (χ1n) is 7.15. The molecule has 0 unspecified atom stereocenters. The van der Waals surface area contributed by atoms with Crippen LogP contribution >= 0.6 is 11.6 Å². The van der Waals surface area contributed by atoms with Crippen LogP contribution in [0.1, 0.15) is 26.3 Å². The number of rotatable bonds is 4. The number of hydrogen-bond donors (Lipinski definition) is 2. The number of nitrogens with one attached hydrogen (secondary N) is 2. The van der Waals surface area contributed by atoms with Crippen LogP contribution in [0.5, 0.6) is 0 Å². The van der Waals surface area contributed by atoms with Gasteiger partial charge in [-0.05, 0) is 31.9 Å². The second kappa shape index (κ2) is 8.52. The molecule has 2 N–H and O–H groups in total. The molecule has 116 valence electrons. The molecule has 21 heavy (non-hydrogen) atoms. The van der Waals surface area contributed by atoms with Crippen LogP contribution in [-0.4, -0.2) is 32.1 Å². The fourth-order valence-corrected chi connectivity index (χ4v) is 2.36. The molecule has 0 radical (unpaired) electrons. The van der Waals surface area contributed by atoms with E-state index in [0.29, 0.717) is 24.1 Å². The Labute approximate surface area is 131 Å². The Morgan fingerprint density at radius 3 is 2.57 bits per heavy atom. The van der Waals surface area contributed by atoms with E-state index in [2.05, 4.69) is 15.6 Å². The molecule has 0 aliphatic rings. The molecule has 0 fully saturated rings. The molecule has 6 heteroatoms. The van der Waals surface area contributed by atoms with Gasteiger partial charge in [0, 0.05) is 20.1 Å². The molecular weight excluding hydrogens is 288 g/mol. The highest BCUT2D eigenvalue weighted by Crippen LogP contribution is 2.30. The third kappa shape index (κ3) is 4.36. The van der Waals surface area contributed by atoms with Crippen molar-refractivity contribution in [2.75, 3.05) is 25.0 Å². The minimum absolute atomic E-state index is 0.248. The van der Waals surface area contributed by atoms with Crippen LogP contribution in [0.3, 0.4) is 0 Å². The summed E-state index contributed by atoms with van der Waals surface area (Å²) in [6.07, 6.45) is 0.807. The lowest BCUT2D eigenvalue weighted by Gasteiger charge is -2.25. The van der Waals surface area contributed by atoms with E-state index in [4.69, 9.17) is 11.6 Å². The SMILES string of the molecule is CCNC(=NC)NC(=O)N(CC)c1c(Cl)cccc1CC. The van der Waals surface area contributed by atoms with E-state index in [1.807, 2.05) is 32.9 Å². The summed E-state index contributed by atoms with van der Waals surface area (Å²) in [7, 11) is 1.63. The zero-order valence-corrected chi connectivity index (χ0v) is 13.8. The number of guanidine groups is 1. The third-order valence-electron chi connectivity index (χ3n) is 3.08. The molecule has 0 aliphatic heterocycles. The van der Waals surface area contributed by atoms with Crippen molar-refractivity contribution in [1.82, 2.24) is 10.6 Å². The Kier molecular flexibility index (Phi) is 7.02. The van der Waals surface area contributed by atoms with Crippen molar-refractivity contribution in [1.29, 1.82) is 0 Å². The van der Waals surface area contributed by atoms with Gasteiger partial charge in [-0.2, -0.15) is 0 Å². The highest BCUT2D eigenvalue weighted by molar-refractivity contribution is 6.34. The normalized spacial score (nSPS) is 11.2. The number of nitrogens with zero attached hydrogens (tertiary/aromatic N) is 2. The van der Waals surface area contributed by atoms with Gasteiger partial charge in [-0.25, -0.2) is 4.79 Å². The first kappa shape index (κ1) is 17.3. The third-order valence-corrected chi connectivity index (χ3v) is 3.38. The summed E-state index contributed by atoms with van der Waals surface area (Å²) in [5.41, 5.74) is 1.80. The smallest absolute Gasteiger partial charge is 0.328 e. The molecule has 0 bridgehead atoms. The van der Waals surface area contributed by atoms with E-state index in [1.165, 1.54) is 0 Å². The number of benzene rings is 1. The predicted molar refractivity (Wildman–Crippen MR) is 89.4 cm³/mol. The maximum atomic E-state index is 12.5. The highest BCUT2D eigenvalue weighted by atomic mass is 35.5. The van der Waals surface area contributed by atoms with Crippen LogP contribution in [0.4, 0.5) is 10.5 Å². The number of halogens is 1. The molecular formula is C15H23ClN4O. The van der Waals surface area contributed by atoms with E-state index in [9.17, 15) is 4.79 Å². The minimum atomic E-state index is -0.248. The summed E-state index contributed by atoms with van der Waals surface area (Å²) < 4.78 is 0. The number of hydrogen-bond acceptors (Lipinski definition) is 2. The van der Waals surface area contributed by atoms with Gasteiger partial charge in [0.25, 0.3) is 0 Å². The topological polar surface area (TPSA) is 56.7 Å². The number of carbonyl (C=O) groups excluding carboxylic acids is 1. The van der Waals surface area contributed by atoms with E-state index in [-0.39, 0.29) is 6.03 Å². The summed E-state index contributed by atoms with van der Waals surface area (Å²) in [4.78, 5) is 18.1. The van der Waals surface area contributed by atoms with Crippen molar-refractivity contribution in [3.8, 4) is 0 Å². The minimum Gasteiger partial charge on any atom is -0.356 e. The Hall–Kier alpha value is -1.75. The molecule has 2 amide bonds. The molecule has 5 nitrogen and oxygen atoms in total.